The van der Waals surface area contributed by atoms with Crippen LogP contribution in [0.4, 0.5) is 10.7 Å². The summed E-state index contributed by atoms with van der Waals surface area (Å²) in [7, 11) is 0. The van der Waals surface area contributed by atoms with E-state index in [0.717, 1.165) is 38.6 Å². The van der Waals surface area contributed by atoms with Crippen LogP contribution < -0.4 is 10.6 Å². The molecule has 3 N–H and O–H groups in total. The zero-order valence-electron chi connectivity index (χ0n) is 19.4. The van der Waals surface area contributed by atoms with Gasteiger partial charge in [0.25, 0.3) is 0 Å². The van der Waals surface area contributed by atoms with E-state index in [1.807, 2.05) is 24.5 Å². The molecule has 0 spiro atoms. The van der Waals surface area contributed by atoms with Crippen molar-refractivity contribution in [2.75, 3.05) is 18.4 Å². The number of imidazole rings is 1. The monoisotopic (exact) mass is 447 g/mol. The number of carbonyl (C=O) groups is 1. The average molecular weight is 448 g/mol. The molecule has 1 saturated heterocycles. The lowest BCUT2D eigenvalue weighted by Gasteiger charge is -2.42. The van der Waals surface area contributed by atoms with Gasteiger partial charge < -0.3 is 10.3 Å². The summed E-state index contributed by atoms with van der Waals surface area (Å²) in [5, 5.41) is 5.60. The molecule has 2 atom stereocenters. The molecule has 0 aromatic carbocycles. The lowest BCUT2D eigenvalue weighted by molar-refractivity contribution is 0.0743. The van der Waals surface area contributed by atoms with Crippen molar-refractivity contribution in [3.05, 3.63) is 71.6 Å². The Morgan fingerprint density at radius 3 is 2.24 bits per heavy atom. The van der Waals surface area contributed by atoms with Gasteiger partial charge >= 0.3 is 6.03 Å². The quantitative estimate of drug-likeness (QED) is 0.435. The topological polar surface area (TPSA) is 98.8 Å². The first-order valence-corrected chi connectivity index (χ1v) is 11.8. The maximum Gasteiger partial charge on any atom is 0.321 e. The van der Waals surface area contributed by atoms with Gasteiger partial charge in [-0.15, -0.1) is 0 Å². The maximum absolute atomic E-state index is 12.0. The number of rotatable bonds is 8. The zero-order chi connectivity index (χ0) is 23.0. The van der Waals surface area contributed by atoms with Gasteiger partial charge in [-0.25, -0.2) is 9.78 Å². The number of H-pyrrole nitrogens is 1. The lowest BCUT2D eigenvalue weighted by atomic mass is 9.88. The molecule has 0 unspecified atom stereocenters. The Morgan fingerprint density at radius 2 is 1.67 bits per heavy atom. The fourth-order valence-electron chi connectivity index (χ4n) is 4.75. The van der Waals surface area contributed by atoms with E-state index >= 15 is 0 Å². The molecule has 0 bridgehead atoms. The van der Waals surface area contributed by atoms with Crippen molar-refractivity contribution in [1.29, 1.82) is 0 Å². The van der Waals surface area contributed by atoms with E-state index in [0.29, 0.717) is 12.5 Å². The summed E-state index contributed by atoms with van der Waals surface area (Å²) in [6, 6.07) is 8.63. The second kappa shape index (κ2) is 11.0. The van der Waals surface area contributed by atoms with E-state index in [9.17, 15) is 4.79 Å². The van der Waals surface area contributed by atoms with Gasteiger partial charge in [-0.05, 0) is 75.8 Å². The highest BCUT2D eigenvalue weighted by atomic mass is 16.2. The van der Waals surface area contributed by atoms with Gasteiger partial charge in [0.2, 0.25) is 5.95 Å². The van der Waals surface area contributed by atoms with Crippen LogP contribution in [-0.4, -0.2) is 44.0 Å². The van der Waals surface area contributed by atoms with Gasteiger partial charge in [0.05, 0.1) is 23.5 Å². The molecule has 0 radical (unpaired) electrons. The number of hydrogen-bond acceptors (Lipinski definition) is 5. The number of pyridine rings is 2. The predicted octanol–water partition coefficient (Wildman–Crippen LogP) is 4.69. The zero-order valence-corrected chi connectivity index (χ0v) is 19.4. The molecule has 3 aromatic rings. The SMILES string of the molecule is Cc1cccnc1[C@H]1CCC[C@@H](c2ncccc2C)N1CCCCNC(=O)Nc1ncc[nH]1. The Hall–Kier alpha value is -3.26. The van der Waals surface area contributed by atoms with E-state index in [1.54, 1.807) is 12.4 Å². The molecule has 2 amide bonds. The van der Waals surface area contributed by atoms with Crippen molar-refractivity contribution in [2.24, 2.45) is 0 Å². The lowest BCUT2D eigenvalue weighted by Crippen LogP contribution is -2.39. The minimum atomic E-state index is -0.244. The minimum Gasteiger partial charge on any atom is -0.338 e. The number of amides is 2. The highest BCUT2D eigenvalue weighted by Crippen LogP contribution is 2.42. The van der Waals surface area contributed by atoms with Crippen LogP contribution in [0.15, 0.2) is 49.1 Å². The Bertz CT molecular complexity index is 983. The van der Waals surface area contributed by atoms with Crippen LogP contribution in [-0.2, 0) is 0 Å². The molecular formula is C25H33N7O. The fourth-order valence-corrected chi connectivity index (χ4v) is 4.75. The Kier molecular flexibility index (Phi) is 7.67. The number of aryl methyl sites for hydroxylation is 2. The molecule has 174 valence electrons. The number of piperidine rings is 1. The summed E-state index contributed by atoms with van der Waals surface area (Å²) in [4.78, 5) is 31.0. The van der Waals surface area contributed by atoms with Crippen molar-refractivity contribution < 1.29 is 4.79 Å². The first-order valence-electron chi connectivity index (χ1n) is 11.8. The number of nitrogens with zero attached hydrogens (tertiary/aromatic N) is 4. The predicted molar refractivity (Wildman–Crippen MR) is 129 cm³/mol. The van der Waals surface area contributed by atoms with Crippen molar-refractivity contribution in [1.82, 2.24) is 30.2 Å². The molecule has 3 aromatic heterocycles. The second-order valence-corrected chi connectivity index (χ2v) is 8.64. The smallest absolute Gasteiger partial charge is 0.321 e. The third-order valence-corrected chi connectivity index (χ3v) is 6.35. The van der Waals surface area contributed by atoms with Crippen molar-refractivity contribution in [3.8, 4) is 0 Å². The molecule has 1 fully saturated rings. The molecule has 4 rings (SSSR count). The third-order valence-electron chi connectivity index (χ3n) is 6.35. The van der Waals surface area contributed by atoms with Crippen LogP contribution in [0.2, 0.25) is 0 Å². The highest BCUT2D eigenvalue weighted by molar-refractivity contribution is 5.87. The van der Waals surface area contributed by atoms with Crippen LogP contribution in [0.3, 0.4) is 0 Å². The van der Waals surface area contributed by atoms with E-state index in [4.69, 9.17) is 9.97 Å². The average Bonchev–Trinajstić information content (AvgIpc) is 3.33. The Morgan fingerprint density at radius 1 is 1.00 bits per heavy atom. The first-order chi connectivity index (χ1) is 16.1. The molecule has 8 heteroatoms. The molecular weight excluding hydrogens is 414 g/mol. The van der Waals surface area contributed by atoms with Crippen molar-refractivity contribution in [3.63, 3.8) is 0 Å². The summed E-state index contributed by atoms with van der Waals surface area (Å²) < 4.78 is 0. The van der Waals surface area contributed by atoms with Crippen LogP contribution in [0.1, 0.15) is 66.7 Å². The molecule has 8 nitrogen and oxygen atoms in total. The normalized spacial score (nSPS) is 18.7. The van der Waals surface area contributed by atoms with E-state index in [-0.39, 0.29) is 18.1 Å². The summed E-state index contributed by atoms with van der Waals surface area (Å²) in [5.41, 5.74) is 4.82. The molecule has 33 heavy (non-hydrogen) atoms. The van der Waals surface area contributed by atoms with Crippen LogP contribution in [0, 0.1) is 13.8 Å². The number of likely N-dealkylation sites (tertiary alicyclic amines) is 1. The maximum atomic E-state index is 12.0. The van der Waals surface area contributed by atoms with Crippen molar-refractivity contribution in [2.45, 2.75) is 58.0 Å². The molecule has 4 heterocycles. The second-order valence-electron chi connectivity index (χ2n) is 8.64. The Labute approximate surface area is 195 Å². The van der Waals surface area contributed by atoms with Gasteiger partial charge in [0.1, 0.15) is 0 Å². The number of aromatic nitrogens is 4. The summed E-state index contributed by atoms with van der Waals surface area (Å²) in [5.74, 6) is 0.447. The summed E-state index contributed by atoms with van der Waals surface area (Å²) in [6.07, 6.45) is 12.3. The number of urea groups is 1. The van der Waals surface area contributed by atoms with Crippen LogP contribution >= 0.6 is 0 Å². The van der Waals surface area contributed by atoms with Crippen LogP contribution in [0.25, 0.3) is 0 Å². The summed E-state index contributed by atoms with van der Waals surface area (Å²) in [6.45, 7) is 5.85. The largest absolute Gasteiger partial charge is 0.338 e. The van der Waals surface area contributed by atoms with Gasteiger partial charge in [0.15, 0.2) is 0 Å². The minimum absolute atomic E-state index is 0.244. The van der Waals surface area contributed by atoms with Gasteiger partial charge in [-0.2, -0.15) is 0 Å². The fraction of sp³-hybridized carbons (Fsp3) is 0.440. The standard InChI is InChI=1S/C25H33N7O/c1-18-8-6-13-26-22(18)20-10-5-11-21(23-19(2)9-7-14-27-23)32(20)17-4-3-12-30-25(33)31-24-28-15-16-29-24/h6-9,13-16,20-21H,3-5,10-12,17H2,1-2H3,(H3,28,29,30,31,33)/t20-,21+. The number of hydrogen-bond donors (Lipinski definition) is 3. The number of nitrogens with one attached hydrogen (secondary N) is 3. The van der Waals surface area contributed by atoms with Crippen molar-refractivity contribution >= 4 is 12.0 Å². The van der Waals surface area contributed by atoms with E-state index in [2.05, 4.69) is 51.5 Å². The molecule has 1 aliphatic heterocycles. The molecule has 0 aliphatic carbocycles. The van der Waals surface area contributed by atoms with Gasteiger partial charge in [-0.1, -0.05) is 12.1 Å². The molecule has 0 saturated carbocycles. The van der Waals surface area contributed by atoms with E-state index in [1.165, 1.54) is 22.5 Å². The third kappa shape index (κ3) is 5.76. The molecule has 1 aliphatic rings. The van der Waals surface area contributed by atoms with Gasteiger partial charge in [0, 0.05) is 31.3 Å². The van der Waals surface area contributed by atoms with Gasteiger partial charge in [-0.3, -0.25) is 20.2 Å². The summed E-state index contributed by atoms with van der Waals surface area (Å²) >= 11 is 0. The highest BCUT2D eigenvalue weighted by Gasteiger charge is 2.34. The first kappa shape index (κ1) is 22.9. The van der Waals surface area contributed by atoms with Crippen LogP contribution in [0.5, 0.6) is 0 Å². The Balaban J connectivity index is 1.41. The number of unbranched alkanes of at least 4 members (excludes halogenated alkanes) is 1. The number of anilines is 1. The number of carbonyl (C=O) groups excluding carboxylic acids is 1. The number of aromatic amines is 1. The van der Waals surface area contributed by atoms with E-state index < -0.39 is 0 Å².